The van der Waals surface area contributed by atoms with E-state index in [1.54, 1.807) is 4.90 Å². The number of carbonyl (C=O) groups is 1. The van der Waals surface area contributed by atoms with Crippen LogP contribution in [-0.4, -0.2) is 48.0 Å². The largest absolute Gasteiger partial charge is 0.416 e. The highest BCUT2D eigenvalue weighted by Gasteiger charge is 2.33. The summed E-state index contributed by atoms with van der Waals surface area (Å²) in [6, 6.07) is 2.47. The summed E-state index contributed by atoms with van der Waals surface area (Å²) < 4.78 is 38.0. The fourth-order valence-electron chi connectivity index (χ4n) is 2.63. The quantitative estimate of drug-likeness (QED) is 0.590. The first kappa shape index (κ1) is 22.0. The summed E-state index contributed by atoms with van der Waals surface area (Å²) in [7, 11) is 0. The number of nitro benzene ring substituents is 1. The minimum absolute atomic E-state index is 0. The molecule has 0 aliphatic carbocycles. The van der Waals surface area contributed by atoms with Crippen LogP contribution in [0.1, 0.15) is 18.9 Å². The van der Waals surface area contributed by atoms with Crippen molar-refractivity contribution in [3.63, 3.8) is 0 Å². The zero-order valence-electron chi connectivity index (χ0n) is 14.0. The SMILES string of the molecule is CC1CN(C(=O)CCNc2ccc(C(F)(F)F)cc2[N+](=O)[O-])CCN1.Cl. The molecule has 11 heteroatoms. The predicted molar refractivity (Wildman–Crippen MR) is 92.5 cm³/mol. The summed E-state index contributed by atoms with van der Waals surface area (Å²) in [5, 5.41) is 16.9. The van der Waals surface area contributed by atoms with E-state index in [4.69, 9.17) is 0 Å². The van der Waals surface area contributed by atoms with Gasteiger partial charge in [0.25, 0.3) is 5.69 Å². The van der Waals surface area contributed by atoms with Crippen molar-refractivity contribution in [2.24, 2.45) is 0 Å². The van der Waals surface area contributed by atoms with Gasteiger partial charge in [-0.1, -0.05) is 0 Å². The van der Waals surface area contributed by atoms with Gasteiger partial charge in [0, 0.05) is 44.7 Å². The Bertz CT molecular complexity index is 658. The topological polar surface area (TPSA) is 87.5 Å². The molecular weight excluding hydrogens is 377 g/mol. The van der Waals surface area contributed by atoms with Gasteiger partial charge in [-0.2, -0.15) is 13.2 Å². The number of halogens is 4. The monoisotopic (exact) mass is 396 g/mol. The van der Waals surface area contributed by atoms with Gasteiger partial charge in [0.05, 0.1) is 10.5 Å². The second-order valence-electron chi connectivity index (χ2n) is 5.86. The second kappa shape index (κ2) is 9.04. The summed E-state index contributed by atoms with van der Waals surface area (Å²) in [5.41, 5.74) is -1.80. The molecule has 0 spiro atoms. The van der Waals surface area contributed by atoms with E-state index < -0.39 is 22.4 Å². The van der Waals surface area contributed by atoms with Gasteiger partial charge in [0.2, 0.25) is 5.91 Å². The number of nitrogens with one attached hydrogen (secondary N) is 2. The van der Waals surface area contributed by atoms with Gasteiger partial charge in [0.15, 0.2) is 0 Å². The molecule has 1 heterocycles. The van der Waals surface area contributed by atoms with E-state index in [1.165, 1.54) is 0 Å². The Morgan fingerprint density at radius 1 is 1.46 bits per heavy atom. The highest BCUT2D eigenvalue weighted by Crippen LogP contribution is 2.34. The average molecular weight is 397 g/mol. The maximum atomic E-state index is 12.7. The number of anilines is 1. The fraction of sp³-hybridized carbons (Fsp3) is 0.533. The molecule has 0 aromatic heterocycles. The molecule has 1 atom stereocenters. The zero-order chi connectivity index (χ0) is 18.6. The number of nitro groups is 1. The van der Waals surface area contributed by atoms with Crippen LogP contribution in [0.15, 0.2) is 18.2 Å². The lowest BCUT2D eigenvalue weighted by atomic mass is 10.1. The molecule has 2 rings (SSSR count). The van der Waals surface area contributed by atoms with Gasteiger partial charge in [-0.3, -0.25) is 14.9 Å². The smallest absolute Gasteiger partial charge is 0.379 e. The van der Waals surface area contributed by atoms with Crippen molar-refractivity contribution in [1.82, 2.24) is 10.2 Å². The zero-order valence-corrected chi connectivity index (χ0v) is 14.8. The van der Waals surface area contributed by atoms with E-state index in [2.05, 4.69) is 10.6 Å². The molecule has 1 aliphatic rings. The van der Waals surface area contributed by atoms with Crippen LogP contribution in [0.5, 0.6) is 0 Å². The normalized spacial score (nSPS) is 17.4. The minimum Gasteiger partial charge on any atom is -0.379 e. The Balaban J connectivity index is 0.00000338. The fourth-order valence-corrected chi connectivity index (χ4v) is 2.63. The van der Waals surface area contributed by atoms with Crippen molar-refractivity contribution in [3.8, 4) is 0 Å². The van der Waals surface area contributed by atoms with Crippen molar-refractivity contribution in [2.75, 3.05) is 31.5 Å². The van der Waals surface area contributed by atoms with Gasteiger partial charge in [-0.25, -0.2) is 0 Å². The average Bonchev–Trinajstić information content (AvgIpc) is 2.53. The number of amides is 1. The highest BCUT2D eigenvalue weighted by atomic mass is 35.5. The first-order valence-corrected chi connectivity index (χ1v) is 7.79. The molecule has 1 aromatic carbocycles. The summed E-state index contributed by atoms with van der Waals surface area (Å²) in [5.74, 6) is -0.101. The van der Waals surface area contributed by atoms with E-state index in [9.17, 15) is 28.1 Å². The van der Waals surface area contributed by atoms with Crippen molar-refractivity contribution < 1.29 is 22.9 Å². The molecule has 0 radical (unpaired) electrons. The van der Waals surface area contributed by atoms with Crippen LogP contribution in [0.4, 0.5) is 24.5 Å². The number of piperazine rings is 1. The lowest BCUT2D eigenvalue weighted by molar-refractivity contribution is -0.384. The molecule has 1 fully saturated rings. The minimum atomic E-state index is -4.65. The van der Waals surface area contributed by atoms with Gasteiger partial charge >= 0.3 is 6.18 Å². The van der Waals surface area contributed by atoms with E-state index in [0.29, 0.717) is 25.7 Å². The van der Waals surface area contributed by atoms with Gasteiger partial charge in [-0.15, -0.1) is 12.4 Å². The van der Waals surface area contributed by atoms with Crippen LogP contribution in [0.25, 0.3) is 0 Å². The Morgan fingerprint density at radius 3 is 2.73 bits per heavy atom. The summed E-state index contributed by atoms with van der Waals surface area (Å²) >= 11 is 0. The molecule has 1 amide bonds. The molecule has 26 heavy (non-hydrogen) atoms. The van der Waals surface area contributed by atoms with Crippen LogP contribution < -0.4 is 10.6 Å². The Hall–Kier alpha value is -2.07. The molecule has 146 valence electrons. The molecule has 0 bridgehead atoms. The standard InChI is InChI=1S/C15H19F3N4O3.ClH/c1-10-9-21(7-6-19-10)14(23)4-5-20-12-3-2-11(15(16,17)18)8-13(12)22(24)25;/h2-3,8,10,19-20H,4-7,9H2,1H3;1H. The molecule has 7 nitrogen and oxygen atoms in total. The number of carbonyl (C=O) groups excluding carboxylic acids is 1. The molecule has 1 saturated heterocycles. The number of benzene rings is 1. The highest BCUT2D eigenvalue weighted by molar-refractivity contribution is 5.85. The number of rotatable bonds is 5. The third-order valence-corrected chi connectivity index (χ3v) is 3.90. The third kappa shape index (κ3) is 5.73. The number of hydrogen-bond acceptors (Lipinski definition) is 5. The van der Waals surface area contributed by atoms with Crippen molar-refractivity contribution in [2.45, 2.75) is 25.6 Å². The lowest BCUT2D eigenvalue weighted by Gasteiger charge is -2.32. The van der Waals surface area contributed by atoms with Gasteiger partial charge in [-0.05, 0) is 19.1 Å². The third-order valence-electron chi connectivity index (χ3n) is 3.90. The molecule has 1 unspecified atom stereocenters. The molecular formula is C15H20ClF3N4O3. The van der Waals surface area contributed by atoms with Crippen molar-refractivity contribution >= 4 is 29.7 Å². The van der Waals surface area contributed by atoms with Crippen LogP contribution >= 0.6 is 12.4 Å². The van der Waals surface area contributed by atoms with Crippen molar-refractivity contribution in [1.29, 1.82) is 0 Å². The van der Waals surface area contributed by atoms with E-state index >= 15 is 0 Å². The molecule has 2 N–H and O–H groups in total. The Morgan fingerprint density at radius 2 is 2.15 bits per heavy atom. The van der Waals surface area contributed by atoms with E-state index in [-0.39, 0.29) is 43.0 Å². The van der Waals surface area contributed by atoms with Crippen LogP contribution in [0.3, 0.4) is 0 Å². The Kier molecular flexibility index (Phi) is 7.64. The number of alkyl halides is 3. The molecule has 0 saturated carbocycles. The number of nitrogens with zero attached hydrogens (tertiary/aromatic N) is 2. The maximum Gasteiger partial charge on any atom is 0.416 e. The van der Waals surface area contributed by atoms with Gasteiger partial charge < -0.3 is 15.5 Å². The molecule has 1 aromatic rings. The summed E-state index contributed by atoms with van der Waals surface area (Å²) in [4.78, 5) is 23.9. The van der Waals surface area contributed by atoms with Crippen LogP contribution in [0.2, 0.25) is 0 Å². The summed E-state index contributed by atoms with van der Waals surface area (Å²) in [6.07, 6.45) is -4.55. The first-order chi connectivity index (χ1) is 11.7. The maximum absolute atomic E-state index is 12.7. The molecule has 1 aliphatic heterocycles. The first-order valence-electron chi connectivity index (χ1n) is 7.79. The van der Waals surface area contributed by atoms with E-state index in [1.807, 2.05) is 6.92 Å². The predicted octanol–water partition coefficient (Wildman–Crippen LogP) is 2.66. The van der Waals surface area contributed by atoms with Crippen molar-refractivity contribution in [3.05, 3.63) is 33.9 Å². The van der Waals surface area contributed by atoms with Crippen LogP contribution in [-0.2, 0) is 11.0 Å². The lowest BCUT2D eigenvalue weighted by Crippen LogP contribution is -2.51. The van der Waals surface area contributed by atoms with Crippen LogP contribution in [0, 0.1) is 10.1 Å². The van der Waals surface area contributed by atoms with E-state index in [0.717, 1.165) is 12.1 Å². The number of hydrogen-bond donors (Lipinski definition) is 2. The Labute approximate surface area is 154 Å². The second-order valence-corrected chi connectivity index (χ2v) is 5.86. The van der Waals surface area contributed by atoms with Gasteiger partial charge in [0.1, 0.15) is 5.69 Å². The summed E-state index contributed by atoms with van der Waals surface area (Å²) in [6.45, 7) is 3.93.